The third-order valence-electron chi connectivity index (χ3n) is 4.00. The Kier molecular flexibility index (Phi) is 6.39. The molecule has 0 aliphatic carbocycles. The van der Waals surface area contributed by atoms with Crippen LogP contribution in [-0.2, 0) is 4.74 Å². The van der Waals surface area contributed by atoms with E-state index >= 15 is 0 Å². The average molecular weight is 324 g/mol. The molecule has 1 saturated heterocycles. The second kappa shape index (κ2) is 8.08. The molecule has 0 unspecified atom stereocenters. The highest BCUT2D eigenvalue weighted by atomic mass is 19.1. The van der Waals surface area contributed by atoms with Gasteiger partial charge in [-0.1, -0.05) is 12.1 Å². The summed E-state index contributed by atoms with van der Waals surface area (Å²) < 4.78 is 19.3. The number of likely N-dealkylation sites (tertiary alicyclic amines) is 1. The monoisotopic (exact) mass is 324 g/mol. The van der Waals surface area contributed by atoms with Gasteiger partial charge >= 0.3 is 0 Å². The van der Waals surface area contributed by atoms with Gasteiger partial charge in [-0.05, 0) is 45.7 Å². The first-order valence-corrected chi connectivity index (χ1v) is 8.39. The van der Waals surface area contributed by atoms with Crippen LogP contribution in [0.1, 0.15) is 33.6 Å². The van der Waals surface area contributed by atoms with Crippen LogP contribution in [-0.4, -0.2) is 54.0 Å². The molecule has 2 rings (SSSR count). The Labute approximate surface area is 138 Å². The summed E-state index contributed by atoms with van der Waals surface area (Å²) in [5.41, 5.74) is 0.349. The van der Waals surface area contributed by atoms with Crippen LogP contribution < -0.4 is 5.32 Å². The molecule has 23 heavy (non-hydrogen) atoms. The molecule has 1 atom stereocenters. The number of ether oxygens (including phenoxy) is 1. The van der Waals surface area contributed by atoms with Crippen molar-refractivity contribution in [2.45, 2.75) is 51.4 Å². The molecule has 130 valence electrons. The van der Waals surface area contributed by atoms with Crippen molar-refractivity contribution in [3.63, 3.8) is 0 Å². The summed E-state index contributed by atoms with van der Waals surface area (Å²) in [6.45, 7) is 8.75. The zero-order chi connectivity index (χ0) is 16.9. The number of rotatable bonds is 6. The number of para-hydroxylation sites is 1. The number of aliphatic hydroxyl groups is 1. The van der Waals surface area contributed by atoms with Crippen LogP contribution in [0.5, 0.6) is 0 Å². The van der Waals surface area contributed by atoms with Crippen LogP contribution in [0.25, 0.3) is 0 Å². The molecule has 0 aromatic heterocycles. The SMILES string of the molecule is CC(C)(C)OC[C@H](O)CN1CCC(Nc2ccccc2F)CC1. The van der Waals surface area contributed by atoms with E-state index < -0.39 is 6.10 Å². The summed E-state index contributed by atoms with van der Waals surface area (Å²) in [6.07, 6.45) is 1.42. The highest BCUT2D eigenvalue weighted by Crippen LogP contribution is 2.19. The zero-order valence-corrected chi connectivity index (χ0v) is 14.4. The van der Waals surface area contributed by atoms with E-state index in [2.05, 4.69) is 10.2 Å². The second-order valence-electron chi connectivity index (χ2n) is 7.28. The van der Waals surface area contributed by atoms with E-state index in [9.17, 15) is 9.50 Å². The van der Waals surface area contributed by atoms with Crippen molar-refractivity contribution in [1.82, 2.24) is 4.90 Å². The lowest BCUT2D eigenvalue weighted by atomic mass is 10.0. The fraction of sp³-hybridized carbons (Fsp3) is 0.667. The molecule has 1 heterocycles. The molecule has 1 aromatic rings. The van der Waals surface area contributed by atoms with Crippen LogP contribution in [0.4, 0.5) is 10.1 Å². The minimum atomic E-state index is -0.467. The molecule has 4 nitrogen and oxygen atoms in total. The molecule has 0 spiro atoms. The Hall–Kier alpha value is -1.17. The number of hydrogen-bond acceptors (Lipinski definition) is 4. The first-order chi connectivity index (χ1) is 10.8. The van der Waals surface area contributed by atoms with Gasteiger partial charge in [0.25, 0.3) is 0 Å². The number of benzene rings is 1. The normalized spacial score (nSPS) is 18.8. The number of hydrogen-bond donors (Lipinski definition) is 2. The summed E-state index contributed by atoms with van der Waals surface area (Å²) in [6, 6.07) is 7.07. The van der Waals surface area contributed by atoms with Crippen LogP contribution >= 0.6 is 0 Å². The molecule has 0 amide bonds. The Morgan fingerprint density at radius 1 is 1.30 bits per heavy atom. The van der Waals surface area contributed by atoms with Crippen LogP contribution in [0.2, 0.25) is 0 Å². The molecule has 0 bridgehead atoms. The maximum atomic E-state index is 13.7. The predicted molar refractivity (Wildman–Crippen MR) is 91.2 cm³/mol. The average Bonchev–Trinajstić information content (AvgIpc) is 2.49. The molecule has 0 saturated carbocycles. The number of nitrogens with zero attached hydrogens (tertiary/aromatic N) is 1. The van der Waals surface area contributed by atoms with Crippen molar-refractivity contribution >= 4 is 5.69 Å². The first kappa shape index (κ1) is 18.2. The number of β-amino-alcohol motifs (C(OH)–C–C–N with tert-alkyl or cyclic N) is 1. The number of aliphatic hydroxyl groups excluding tert-OH is 1. The molecule has 2 N–H and O–H groups in total. The standard InChI is InChI=1S/C18H29FN2O2/c1-18(2,3)23-13-15(22)12-21-10-8-14(9-11-21)20-17-7-5-4-6-16(17)19/h4-7,14-15,20,22H,8-13H2,1-3H3/t15-/m1/s1. The molecule has 1 aliphatic rings. The summed E-state index contributed by atoms with van der Waals surface area (Å²) in [5, 5.41) is 13.3. The van der Waals surface area contributed by atoms with Gasteiger partial charge in [-0.15, -0.1) is 0 Å². The van der Waals surface area contributed by atoms with E-state index in [1.807, 2.05) is 26.8 Å². The summed E-state index contributed by atoms with van der Waals surface area (Å²) in [7, 11) is 0. The minimum Gasteiger partial charge on any atom is -0.389 e. The predicted octanol–water partition coefficient (Wildman–Crippen LogP) is 2.88. The van der Waals surface area contributed by atoms with Crippen molar-refractivity contribution in [2.75, 3.05) is 31.6 Å². The van der Waals surface area contributed by atoms with E-state index in [4.69, 9.17) is 4.74 Å². The molecule has 1 fully saturated rings. The maximum absolute atomic E-state index is 13.7. The van der Waals surface area contributed by atoms with Gasteiger partial charge in [0.2, 0.25) is 0 Å². The van der Waals surface area contributed by atoms with E-state index in [0.29, 0.717) is 18.8 Å². The lowest BCUT2D eigenvalue weighted by molar-refractivity contribution is -0.0571. The minimum absolute atomic E-state index is 0.204. The van der Waals surface area contributed by atoms with Gasteiger partial charge < -0.3 is 20.1 Å². The number of anilines is 1. The molecule has 1 aromatic carbocycles. The van der Waals surface area contributed by atoms with Gasteiger partial charge in [0.15, 0.2) is 0 Å². The summed E-state index contributed by atoms with van der Waals surface area (Å²) >= 11 is 0. The van der Waals surface area contributed by atoms with Crippen LogP contribution in [0.15, 0.2) is 24.3 Å². The largest absolute Gasteiger partial charge is 0.389 e. The van der Waals surface area contributed by atoms with E-state index in [1.165, 1.54) is 6.07 Å². The third kappa shape index (κ3) is 6.45. The van der Waals surface area contributed by atoms with Crippen molar-refractivity contribution in [3.8, 4) is 0 Å². The molecule has 0 radical (unpaired) electrons. The number of halogens is 1. The van der Waals surface area contributed by atoms with Gasteiger partial charge in [-0.25, -0.2) is 4.39 Å². The van der Waals surface area contributed by atoms with Crippen LogP contribution in [0.3, 0.4) is 0 Å². The fourth-order valence-electron chi connectivity index (χ4n) is 2.75. The summed E-state index contributed by atoms with van der Waals surface area (Å²) in [4.78, 5) is 2.25. The lowest BCUT2D eigenvalue weighted by Gasteiger charge is -2.34. The molecular formula is C18H29FN2O2. The van der Waals surface area contributed by atoms with Gasteiger partial charge in [-0.2, -0.15) is 0 Å². The summed E-state index contributed by atoms with van der Waals surface area (Å²) in [5.74, 6) is -0.204. The van der Waals surface area contributed by atoms with Gasteiger partial charge in [-0.3, -0.25) is 0 Å². The molecule has 1 aliphatic heterocycles. The zero-order valence-electron chi connectivity index (χ0n) is 14.4. The van der Waals surface area contributed by atoms with Crippen molar-refractivity contribution in [2.24, 2.45) is 0 Å². The number of piperidine rings is 1. The fourth-order valence-corrected chi connectivity index (χ4v) is 2.75. The van der Waals surface area contributed by atoms with Gasteiger partial charge in [0.1, 0.15) is 5.82 Å². The van der Waals surface area contributed by atoms with Gasteiger partial charge in [0, 0.05) is 25.7 Å². The van der Waals surface area contributed by atoms with Crippen molar-refractivity contribution in [1.29, 1.82) is 0 Å². The van der Waals surface area contributed by atoms with E-state index in [-0.39, 0.29) is 17.5 Å². The Bertz CT molecular complexity index is 482. The van der Waals surface area contributed by atoms with Gasteiger partial charge in [0.05, 0.1) is 24.0 Å². The third-order valence-corrected chi connectivity index (χ3v) is 4.00. The van der Waals surface area contributed by atoms with Crippen LogP contribution in [0, 0.1) is 5.82 Å². The lowest BCUT2D eigenvalue weighted by Crippen LogP contribution is -2.44. The van der Waals surface area contributed by atoms with E-state index in [0.717, 1.165) is 25.9 Å². The Morgan fingerprint density at radius 3 is 2.57 bits per heavy atom. The number of nitrogens with one attached hydrogen (secondary N) is 1. The Morgan fingerprint density at radius 2 is 1.96 bits per heavy atom. The first-order valence-electron chi connectivity index (χ1n) is 8.39. The quantitative estimate of drug-likeness (QED) is 0.844. The van der Waals surface area contributed by atoms with E-state index in [1.54, 1.807) is 12.1 Å². The topological polar surface area (TPSA) is 44.7 Å². The van der Waals surface area contributed by atoms with Crippen molar-refractivity contribution in [3.05, 3.63) is 30.1 Å². The highest BCUT2D eigenvalue weighted by Gasteiger charge is 2.22. The molecular weight excluding hydrogens is 295 g/mol. The smallest absolute Gasteiger partial charge is 0.146 e. The van der Waals surface area contributed by atoms with Crippen molar-refractivity contribution < 1.29 is 14.2 Å². The second-order valence-corrected chi connectivity index (χ2v) is 7.28. The highest BCUT2D eigenvalue weighted by molar-refractivity contribution is 5.45. The Balaban J connectivity index is 1.70. The maximum Gasteiger partial charge on any atom is 0.146 e. The molecule has 5 heteroatoms.